The van der Waals surface area contributed by atoms with Crippen molar-refractivity contribution in [3.05, 3.63) is 59.7 Å². The molecule has 1 N–H and O–H groups in total. The third-order valence-corrected chi connectivity index (χ3v) is 3.61. The van der Waals surface area contributed by atoms with Gasteiger partial charge in [-0.3, -0.25) is 9.59 Å². The van der Waals surface area contributed by atoms with Crippen molar-refractivity contribution in [1.82, 2.24) is 0 Å². The number of hydrogen-bond donors (Lipinski definition) is 1. The van der Waals surface area contributed by atoms with Gasteiger partial charge < -0.3 is 5.32 Å². The molecule has 0 radical (unpaired) electrons. The first kappa shape index (κ1) is 14.3. The van der Waals surface area contributed by atoms with Crippen LogP contribution in [-0.2, 0) is 0 Å². The summed E-state index contributed by atoms with van der Waals surface area (Å²) in [5.41, 5.74) is 1.93. The highest BCUT2D eigenvalue weighted by Crippen LogP contribution is 2.17. The van der Waals surface area contributed by atoms with Crippen LogP contribution in [0.4, 0.5) is 5.69 Å². The summed E-state index contributed by atoms with van der Waals surface area (Å²) in [6.07, 6.45) is 1.97. The Labute approximate surface area is 122 Å². The van der Waals surface area contributed by atoms with Crippen LogP contribution in [0.1, 0.15) is 27.6 Å². The summed E-state index contributed by atoms with van der Waals surface area (Å²) in [5.74, 6) is -0.146. The van der Waals surface area contributed by atoms with Crippen LogP contribution in [-0.4, -0.2) is 17.9 Å². The first-order valence-electron chi connectivity index (χ1n) is 6.16. The highest BCUT2D eigenvalue weighted by Gasteiger charge is 2.07. The van der Waals surface area contributed by atoms with Crippen molar-refractivity contribution in [2.24, 2.45) is 0 Å². The van der Waals surface area contributed by atoms with Crippen LogP contribution in [0.25, 0.3) is 0 Å². The lowest BCUT2D eigenvalue weighted by Gasteiger charge is -2.06. The Bertz CT molecular complexity index is 635. The second-order valence-electron chi connectivity index (χ2n) is 4.32. The van der Waals surface area contributed by atoms with Crippen molar-refractivity contribution in [2.75, 3.05) is 11.6 Å². The zero-order valence-corrected chi connectivity index (χ0v) is 12.2. The van der Waals surface area contributed by atoms with Gasteiger partial charge in [0.1, 0.15) is 0 Å². The molecule has 0 unspecified atom stereocenters. The number of hydrogen-bond acceptors (Lipinski definition) is 3. The van der Waals surface area contributed by atoms with Gasteiger partial charge in [-0.2, -0.15) is 0 Å². The average molecular weight is 285 g/mol. The highest BCUT2D eigenvalue weighted by molar-refractivity contribution is 7.98. The van der Waals surface area contributed by atoms with E-state index in [-0.39, 0.29) is 11.7 Å². The molecule has 0 heterocycles. The monoisotopic (exact) mass is 285 g/mol. The van der Waals surface area contributed by atoms with Crippen LogP contribution in [0.2, 0.25) is 0 Å². The van der Waals surface area contributed by atoms with E-state index in [1.165, 1.54) is 6.92 Å². The lowest BCUT2D eigenvalue weighted by atomic mass is 10.1. The van der Waals surface area contributed by atoms with E-state index in [0.29, 0.717) is 16.8 Å². The fraction of sp³-hybridized carbons (Fsp3) is 0.125. The normalized spacial score (nSPS) is 10.1. The number of carbonyl (C=O) groups is 2. The summed E-state index contributed by atoms with van der Waals surface area (Å²) in [5, 5.41) is 2.82. The predicted molar refractivity (Wildman–Crippen MR) is 82.6 cm³/mol. The molecule has 20 heavy (non-hydrogen) atoms. The number of rotatable bonds is 4. The molecule has 0 aliphatic heterocycles. The highest BCUT2D eigenvalue weighted by atomic mass is 32.2. The summed E-state index contributed by atoms with van der Waals surface area (Å²) >= 11 is 1.59. The van der Waals surface area contributed by atoms with E-state index in [0.717, 1.165) is 4.90 Å². The Morgan fingerprint density at radius 2 is 1.70 bits per heavy atom. The van der Waals surface area contributed by atoms with Crippen LogP contribution in [0.3, 0.4) is 0 Å². The Hall–Kier alpha value is -2.07. The van der Waals surface area contributed by atoms with E-state index in [1.807, 2.05) is 24.5 Å². The minimum atomic E-state index is -0.156. The Morgan fingerprint density at radius 1 is 1.00 bits per heavy atom. The molecule has 0 aliphatic rings. The van der Waals surface area contributed by atoms with Gasteiger partial charge in [0.15, 0.2) is 5.78 Å². The standard InChI is InChI=1S/C16H15NO2S/c1-11(18)12-6-8-14(9-7-12)17-16(19)13-4-3-5-15(10-13)20-2/h3-10H,1-2H3,(H,17,19). The molecule has 2 rings (SSSR count). The van der Waals surface area contributed by atoms with Gasteiger partial charge in [0, 0.05) is 21.7 Å². The molecule has 0 fully saturated rings. The van der Waals surface area contributed by atoms with E-state index >= 15 is 0 Å². The molecule has 0 atom stereocenters. The Morgan fingerprint density at radius 3 is 2.30 bits per heavy atom. The summed E-state index contributed by atoms with van der Waals surface area (Å²) < 4.78 is 0. The first-order chi connectivity index (χ1) is 9.60. The second kappa shape index (κ2) is 6.39. The van der Waals surface area contributed by atoms with Gasteiger partial charge in [0.25, 0.3) is 5.91 Å². The lowest BCUT2D eigenvalue weighted by Crippen LogP contribution is -2.11. The van der Waals surface area contributed by atoms with Crippen LogP contribution >= 0.6 is 11.8 Å². The van der Waals surface area contributed by atoms with Gasteiger partial charge in [0.2, 0.25) is 0 Å². The molecule has 102 valence electrons. The van der Waals surface area contributed by atoms with Crippen molar-refractivity contribution in [1.29, 1.82) is 0 Å². The van der Waals surface area contributed by atoms with Gasteiger partial charge in [-0.05, 0) is 55.6 Å². The maximum atomic E-state index is 12.1. The van der Waals surface area contributed by atoms with Crippen LogP contribution in [0.15, 0.2) is 53.4 Å². The lowest BCUT2D eigenvalue weighted by molar-refractivity contribution is 0.101. The number of benzene rings is 2. The van der Waals surface area contributed by atoms with Crippen LogP contribution < -0.4 is 5.32 Å². The largest absolute Gasteiger partial charge is 0.322 e. The van der Waals surface area contributed by atoms with Crippen LogP contribution in [0.5, 0.6) is 0 Å². The number of thioether (sulfide) groups is 1. The third kappa shape index (κ3) is 3.48. The number of carbonyl (C=O) groups excluding carboxylic acids is 2. The van der Waals surface area contributed by atoms with Gasteiger partial charge in [-0.15, -0.1) is 11.8 Å². The number of anilines is 1. The zero-order valence-electron chi connectivity index (χ0n) is 11.3. The maximum Gasteiger partial charge on any atom is 0.255 e. The fourth-order valence-electron chi connectivity index (χ4n) is 1.76. The molecule has 0 saturated carbocycles. The molecule has 0 aliphatic carbocycles. The van der Waals surface area contributed by atoms with Crippen molar-refractivity contribution in [3.63, 3.8) is 0 Å². The van der Waals surface area contributed by atoms with Crippen molar-refractivity contribution in [3.8, 4) is 0 Å². The molecule has 0 bridgehead atoms. The van der Waals surface area contributed by atoms with E-state index in [9.17, 15) is 9.59 Å². The van der Waals surface area contributed by atoms with Crippen molar-refractivity contribution >= 4 is 29.1 Å². The smallest absolute Gasteiger partial charge is 0.255 e. The minimum Gasteiger partial charge on any atom is -0.322 e. The van der Waals surface area contributed by atoms with E-state index in [1.54, 1.807) is 42.1 Å². The SMILES string of the molecule is CSc1cccc(C(=O)Nc2ccc(C(C)=O)cc2)c1. The maximum absolute atomic E-state index is 12.1. The van der Waals surface area contributed by atoms with Crippen LogP contribution in [0, 0.1) is 0 Å². The minimum absolute atomic E-state index is 0.00977. The molecule has 2 aromatic rings. The first-order valence-corrected chi connectivity index (χ1v) is 7.39. The summed E-state index contributed by atoms with van der Waals surface area (Å²) in [6, 6.07) is 14.3. The van der Waals surface area contributed by atoms with Crippen molar-refractivity contribution in [2.45, 2.75) is 11.8 Å². The fourth-order valence-corrected chi connectivity index (χ4v) is 2.22. The zero-order chi connectivity index (χ0) is 14.5. The summed E-state index contributed by atoms with van der Waals surface area (Å²) in [7, 11) is 0. The summed E-state index contributed by atoms with van der Waals surface area (Å²) in [6.45, 7) is 1.52. The molecule has 0 saturated heterocycles. The van der Waals surface area contributed by atoms with E-state index in [4.69, 9.17) is 0 Å². The Kier molecular flexibility index (Phi) is 4.58. The molecule has 4 heteroatoms. The molecule has 2 aromatic carbocycles. The number of amides is 1. The molecule has 0 aromatic heterocycles. The van der Waals surface area contributed by atoms with Gasteiger partial charge in [0.05, 0.1) is 0 Å². The number of nitrogens with one attached hydrogen (secondary N) is 1. The third-order valence-electron chi connectivity index (χ3n) is 2.88. The second-order valence-corrected chi connectivity index (χ2v) is 5.20. The molecule has 0 spiro atoms. The predicted octanol–water partition coefficient (Wildman–Crippen LogP) is 3.86. The number of Topliss-reactive ketones (excluding diaryl/α,β-unsaturated/α-hetero) is 1. The summed E-state index contributed by atoms with van der Waals surface area (Å²) in [4.78, 5) is 24.3. The Balaban J connectivity index is 2.12. The topological polar surface area (TPSA) is 46.2 Å². The average Bonchev–Trinajstić information content (AvgIpc) is 2.47. The number of ketones is 1. The molecule has 3 nitrogen and oxygen atoms in total. The van der Waals surface area contributed by atoms with Crippen molar-refractivity contribution < 1.29 is 9.59 Å². The van der Waals surface area contributed by atoms with Gasteiger partial charge >= 0.3 is 0 Å². The molecule has 1 amide bonds. The van der Waals surface area contributed by atoms with Gasteiger partial charge in [-0.25, -0.2) is 0 Å². The molecular weight excluding hydrogens is 270 g/mol. The van der Waals surface area contributed by atoms with E-state index in [2.05, 4.69) is 5.32 Å². The molecular formula is C16H15NO2S. The van der Waals surface area contributed by atoms with E-state index < -0.39 is 0 Å². The van der Waals surface area contributed by atoms with Gasteiger partial charge in [-0.1, -0.05) is 6.07 Å². The quantitative estimate of drug-likeness (QED) is 0.685.